The van der Waals surface area contributed by atoms with E-state index in [4.69, 9.17) is 16.2 Å². The molecule has 0 aliphatic rings. The lowest BCUT2D eigenvalue weighted by Gasteiger charge is -2.22. The fraction of sp³-hybridized carbons (Fsp3) is 0.583. The van der Waals surface area contributed by atoms with Gasteiger partial charge in [-0.25, -0.2) is 4.98 Å². The lowest BCUT2D eigenvalue weighted by Crippen LogP contribution is -2.37. The molecule has 1 aromatic rings. The molecule has 0 aliphatic heterocycles. The first-order valence-electron chi connectivity index (χ1n) is 5.66. The van der Waals surface area contributed by atoms with Crippen LogP contribution in [0.3, 0.4) is 0 Å². The lowest BCUT2D eigenvalue weighted by molar-refractivity contribution is 0.0727. The van der Waals surface area contributed by atoms with Gasteiger partial charge in [-0.2, -0.15) is 0 Å². The molecule has 0 spiro atoms. The fourth-order valence-electron chi connectivity index (χ4n) is 1.82. The number of rotatable bonds is 6. The Morgan fingerprint density at radius 2 is 2.25 bits per heavy atom. The highest BCUT2D eigenvalue weighted by molar-refractivity contribution is 5.32. The summed E-state index contributed by atoms with van der Waals surface area (Å²) >= 11 is 0. The largest absolute Gasteiger partial charge is 0.384 e. The number of nitrogens with zero attached hydrogens (tertiary/aromatic N) is 1. The van der Waals surface area contributed by atoms with Gasteiger partial charge in [0.2, 0.25) is 0 Å². The third-order valence-electron chi connectivity index (χ3n) is 2.67. The minimum atomic E-state index is 0.00625. The smallest absolute Gasteiger partial charge is 0.123 e. The zero-order valence-electron chi connectivity index (χ0n) is 10.0. The predicted octanol–water partition coefficient (Wildman–Crippen LogP) is 1.35. The minimum absolute atomic E-state index is 0.00625. The number of hydrogen-bond acceptors (Lipinski definition) is 4. The van der Waals surface area contributed by atoms with Crippen LogP contribution in [-0.4, -0.2) is 24.2 Å². The minimum Gasteiger partial charge on any atom is -0.384 e. The first kappa shape index (κ1) is 12.9. The Balaban J connectivity index is 2.58. The summed E-state index contributed by atoms with van der Waals surface area (Å²) in [6.07, 6.45) is 4.65. The SMILES string of the molecule is CCCC(OC)C(N)Cc1ccnc(N)c1. The van der Waals surface area contributed by atoms with Crippen LogP contribution < -0.4 is 11.5 Å². The maximum atomic E-state index is 6.11. The van der Waals surface area contributed by atoms with E-state index >= 15 is 0 Å². The van der Waals surface area contributed by atoms with Crippen molar-refractivity contribution in [1.29, 1.82) is 0 Å². The van der Waals surface area contributed by atoms with E-state index in [-0.39, 0.29) is 12.1 Å². The van der Waals surface area contributed by atoms with Gasteiger partial charge in [-0.15, -0.1) is 0 Å². The van der Waals surface area contributed by atoms with E-state index in [1.807, 2.05) is 12.1 Å². The average Bonchev–Trinajstić information content (AvgIpc) is 2.25. The van der Waals surface area contributed by atoms with Gasteiger partial charge in [0.15, 0.2) is 0 Å². The molecule has 4 N–H and O–H groups in total. The molecular weight excluding hydrogens is 202 g/mol. The molecule has 0 aliphatic carbocycles. The van der Waals surface area contributed by atoms with Gasteiger partial charge >= 0.3 is 0 Å². The number of pyridine rings is 1. The highest BCUT2D eigenvalue weighted by atomic mass is 16.5. The van der Waals surface area contributed by atoms with Crippen molar-refractivity contribution >= 4 is 5.82 Å². The first-order chi connectivity index (χ1) is 7.67. The molecule has 1 rings (SSSR count). The van der Waals surface area contributed by atoms with Crippen molar-refractivity contribution in [2.24, 2.45) is 5.73 Å². The molecule has 0 fully saturated rings. The maximum absolute atomic E-state index is 6.11. The number of methoxy groups -OCH3 is 1. The van der Waals surface area contributed by atoms with Crippen molar-refractivity contribution in [3.8, 4) is 0 Å². The van der Waals surface area contributed by atoms with Crippen LogP contribution >= 0.6 is 0 Å². The summed E-state index contributed by atoms with van der Waals surface area (Å²) in [6.45, 7) is 2.13. The standard InChI is InChI=1S/C12H21N3O/c1-3-4-11(16-2)10(13)7-9-5-6-15-12(14)8-9/h5-6,8,10-11H,3-4,7,13H2,1-2H3,(H2,14,15). The molecule has 0 radical (unpaired) electrons. The second kappa shape index (κ2) is 6.45. The topological polar surface area (TPSA) is 74.2 Å². The zero-order valence-corrected chi connectivity index (χ0v) is 10.0. The quantitative estimate of drug-likeness (QED) is 0.763. The van der Waals surface area contributed by atoms with Crippen LogP contribution in [0.5, 0.6) is 0 Å². The monoisotopic (exact) mass is 223 g/mol. The van der Waals surface area contributed by atoms with E-state index in [1.54, 1.807) is 13.3 Å². The third kappa shape index (κ3) is 3.79. The molecular formula is C12H21N3O. The molecule has 0 aromatic carbocycles. The van der Waals surface area contributed by atoms with Gasteiger partial charge in [0.25, 0.3) is 0 Å². The van der Waals surface area contributed by atoms with E-state index in [1.165, 1.54) is 0 Å². The van der Waals surface area contributed by atoms with Gasteiger partial charge in [0, 0.05) is 19.3 Å². The molecule has 0 saturated heterocycles. The van der Waals surface area contributed by atoms with Crippen molar-refractivity contribution in [3.05, 3.63) is 23.9 Å². The Kier molecular flexibility index (Phi) is 5.22. The van der Waals surface area contributed by atoms with Gasteiger partial charge in [-0.3, -0.25) is 0 Å². The van der Waals surface area contributed by atoms with Crippen LogP contribution in [0.1, 0.15) is 25.3 Å². The predicted molar refractivity (Wildman–Crippen MR) is 66.0 cm³/mol. The third-order valence-corrected chi connectivity index (χ3v) is 2.67. The summed E-state index contributed by atoms with van der Waals surface area (Å²) in [5.74, 6) is 0.536. The van der Waals surface area contributed by atoms with E-state index in [9.17, 15) is 0 Å². The molecule has 16 heavy (non-hydrogen) atoms. The Labute approximate surface area is 97.0 Å². The number of nitrogen functional groups attached to an aromatic ring is 1. The number of anilines is 1. The van der Waals surface area contributed by atoms with Gasteiger partial charge < -0.3 is 16.2 Å². The van der Waals surface area contributed by atoms with E-state index in [0.29, 0.717) is 5.82 Å². The van der Waals surface area contributed by atoms with Crippen LogP contribution in [-0.2, 0) is 11.2 Å². The van der Waals surface area contributed by atoms with Gasteiger partial charge in [0.1, 0.15) is 5.82 Å². The van der Waals surface area contributed by atoms with Crippen LogP contribution in [0.4, 0.5) is 5.82 Å². The van der Waals surface area contributed by atoms with Crippen molar-refractivity contribution in [1.82, 2.24) is 4.98 Å². The Morgan fingerprint density at radius 1 is 1.50 bits per heavy atom. The van der Waals surface area contributed by atoms with Crippen LogP contribution in [0.2, 0.25) is 0 Å². The Bertz CT molecular complexity index is 317. The molecule has 1 aromatic heterocycles. The highest BCUT2D eigenvalue weighted by Gasteiger charge is 2.16. The van der Waals surface area contributed by atoms with Crippen LogP contribution in [0.15, 0.2) is 18.3 Å². The summed E-state index contributed by atoms with van der Waals surface area (Å²) in [7, 11) is 1.71. The van der Waals surface area contributed by atoms with Crippen molar-refractivity contribution < 1.29 is 4.74 Å². The second-order valence-corrected chi connectivity index (χ2v) is 4.02. The van der Waals surface area contributed by atoms with E-state index < -0.39 is 0 Å². The van der Waals surface area contributed by atoms with Crippen LogP contribution in [0.25, 0.3) is 0 Å². The Hall–Kier alpha value is -1.13. The number of hydrogen-bond donors (Lipinski definition) is 2. The number of aromatic nitrogens is 1. The molecule has 0 saturated carbocycles. The van der Waals surface area contributed by atoms with Crippen molar-refractivity contribution in [2.45, 2.75) is 38.3 Å². The molecule has 2 atom stereocenters. The zero-order chi connectivity index (χ0) is 12.0. The lowest BCUT2D eigenvalue weighted by atomic mass is 10.00. The van der Waals surface area contributed by atoms with E-state index in [0.717, 1.165) is 24.8 Å². The summed E-state index contributed by atoms with van der Waals surface area (Å²) in [4.78, 5) is 3.95. The average molecular weight is 223 g/mol. The van der Waals surface area contributed by atoms with Crippen LogP contribution in [0, 0.1) is 0 Å². The second-order valence-electron chi connectivity index (χ2n) is 4.02. The van der Waals surface area contributed by atoms with Gasteiger partial charge in [0.05, 0.1) is 6.10 Å². The number of ether oxygens (including phenoxy) is 1. The first-order valence-corrected chi connectivity index (χ1v) is 5.66. The molecule has 90 valence electrons. The van der Waals surface area contributed by atoms with Crippen molar-refractivity contribution in [3.63, 3.8) is 0 Å². The molecule has 0 amide bonds. The summed E-state index contributed by atoms with van der Waals surface area (Å²) in [5.41, 5.74) is 12.8. The summed E-state index contributed by atoms with van der Waals surface area (Å²) in [5, 5.41) is 0. The normalized spacial score (nSPS) is 14.7. The molecule has 4 heteroatoms. The maximum Gasteiger partial charge on any atom is 0.123 e. The molecule has 1 heterocycles. The summed E-state index contributed by atoms with van der Waals surface area (Å²) in [6, 6.07) is 3.81. The molecule has 0 bridgehead atoms. The van der Waals surface area contributed by atoms with Crippen molar-refractivity contribution in [2.75, 3.05) is 12.8 Å². The van der Waals surface area contributed by atoms with Gasteiger partial charge in [-0.1, -0.05) is 13.3 Å². The van der Waals surface area contributed by atoms with E-state index in [2.05, 4.69) is 11.9 Å². The Morgan fingerprint density at radius 3 is 2.81 bits per heavy atom. The van der Waals surface area contributed by atoms with Gasteiger partial charge in [-0.05, 0) is 30.5 Å². The number of nitrogens with two attached hydrogens (primary N) is 2. The highest BCUT2D eigenvalue weighted by Crippen LogP contribution is 2.11. The molecule has 4 nitrogen and oxygen atoms in total. The summed E-state index contributed by atoms with van der Waals surface area (Å²) < 4.78 is 5.38. The fourth-order valence-corrected chi connectivity index (χ4v) is 1.82. The molecule has 2 unspecified atom stereocenters.